The number of hydrogen-bond acceptors (Lipinski definition) is 3. The van der Waals surface area contributed by atoms with Gasteiger partial charge in [0.15, 0.2) is 6.29 Å². The topological polar surface area (TPSA) is 30.0 Å². The molecule has 0 aliphatic heterocycles. The number of carbonyl (C=O) groups excluding carboxylic acids is 1. The van der Waals surface area contributed by atoms with E-state index in [0.29, 0.717) is 4.88 Å². The van der Waals surface area contributed by atoms with Gasteiger partial charge in [-0.15, -0.1) is 11.3 Å². The van der Waals surface area contributed by atoms with Crippen molar-refractivity contribution in [2.45, 2.75) is 13.3 Å². The zero-order chi connectivity index (χ0) is 10.7. The molecule has 0 aliphatic carbocycles. The van der Waals surface area contributed by atoms with Crippen LogP contribution in [0, 0.1) is 6.92 Å². The fraction of sp³-hybridized carbons (Fsp3) is 0.167. The van der Waals surface area contributed by atoms with Gasteiger partial charge in [-0.05, 0) is 18.1 Å². The van der Waals surface area contributed by atoms with Crippen LogP contribution in [-0.2, 0) is 6.42 Å². The van der Waals surface area contributed by atoms with E-state index >= 15 is 0 Å². The van der Waals surface area contributed by atoms with Crippen molar-refractivity contribution in [2.75, 3.05) is 0 Å². The maximum absolute atomic E-state index is 10.5. The van der Waals surface area contributed by atoms with E-state index in [-0.39, 0.29) is 0 Å². The first-order valence-electron chi connectivity index (χ1n) is 4.74. The molecule has 0 spiro atoms. The van der Waals surface area contributed by atoms with E-state index in [0.717, 1.165) is 17.7 Å². The average Bonchev–Trinajstić information content (AvgIpc) is 2.69. The van der Waals surface area contributed by atoms with Crippen LogP contribution in [0.4, 0.5) is 0 Å². The molecule has 1 heterocycles. The molecule has 0 amide bonds. The molecule has 0 aliphatic rings. The predicted molar refractivity (Wildman–Crippen MR) is 61.5 cm³/mol. The van der Waals surface area contributed by atoms with E-state index in [1.54, 1.807) is 6.20 Å². The molecule has 2 rings (SSSR count). The Hall–Kier alpha value is -1.48. The quantitative estimate of drug-likeness (QED) is 0.740. The Kier molecular flexibility index (Phi) is 2.92. The highest BCUT2D eigenvalue weighted by molar-refractivity contribution is 7.13. The van der Waals surface area contributed by atoms with Gasteiger partial charge in [0.05, 0.1) is 9.88 Å². The van der Waals surface area contributed by atoms with Crippen molar-refractivity contribution in [2.24, 2.45) is 0 Å². The summed E-state index contributed by atoms with van der Waals surface area (Å²) >= 11 is 1.46. The summed E-state index contributed by atoms with van der Waals surface area (Å²) in [6.07, 6.45) is 3.29. The highest BCUT2D eigenvalue weighted by Gasteiger charge is 2.03. The van der Waals surface area contributed by atoms with Crippen molar-refractivity contribution >= 4 is 17.6 Å². The number of thiazole rings is 1. The third kappa shape index (κ3) is 2.30. The number of nitrogens with zero attached hydrogens (tertiary/aromatic N) is 1. The molecule has 2 nitrogen and oxygen atoms in total. The lowest BCUT2D eigenvalue weighted by Crippen LogP contribution is -1.89. The molecular formula is C12H11NOS. The van der Waals surface area contributed by atoms with Crippen LogP contribution >= 0.6 is 11.3 Å². The van der Waals surface area contributed by atoms with Crippen LogP contribution in [0.25, 0.3) is 0 Å². The van der Waals surface area contributed by atoms with E-state index in [9.17, 15) is 4.79 Å². The summed E-state index contributed by atoms with van der Waals surface area (Å²) in [5.74, 6) is 0. The molecule has 3 heteroatoms. The molecule has 0 atom stereocenters. The monoisotopic (exact) mass is 217 g/mol. The highest BCUT2D eigenvalue weighted by Crippen LogP contribution is 2.17. The van der Waals surface area contributed by atoms with Crippen LogP contribution in [-0.4, -0.2) is 11.3 Å². The number of benzene rings is 1. The van der Waals surface area contributed by atoms with E-state index in [2.05, 4.69) is 24.0 Å². The minimum atomic E-state index is 0.693. The van der Waals surface area contributed by atoms with Crippen molar-refractivity contribution in [3.05, 3.63) is 51.5 Å². The number of hydrogen-bond donors (Lipinski definition) is 0. The summed E-state index contributed by atoms with van der Waals surface area (Å²) in [5.41, 5.74) is 2.53. The molecular weight excluding hydrogens is 206 g/mol. The van der Waals surface area contributed by atoms with Crippen LogP contribution < -0.4 is 0 Å². The fourth-order valence-corrected chi connectivity index (χ4v) is 2.19. The highest BCUT2D eigenvalue weighted by atomic mass is 32.1. The van der Waals surface area contributed by atoms with Crippen molar-refractivity contribution in [3.63, 3.8) is 0 Å². The smallest absolute Gasteiger partial charge is 0.161 e. The Morgan fingerprint density at radius 3 is 2.87 bits per heavy atom. The molecule has 76 valence electrons. The normalized spacial score (nSPS) is 10.2. The van der Waals surface area contributed by atoms with E-state index in [1.165, 1.54) is 22.5 Å². The van der Waals surface area contributed by atoms with E-state index in [4.69, 9.17) is 0 Å². The molecule has 0 unspecified atom stereocenters. The second-order valence-corrected chi connectivity index (χ2v) is 4.52. The Labute approximate surface area is 92.6 Å². The number of carbonyl (C=O) groups is 1. The number of rotatable bonds is 3. The molecule has 15 heavy (non-hydrogen) atoms. The summed E-state index contributed by atoms with van der Waals surface area (Å²) in [4.78, 5) is 15.4. The van der Waals surface area contributed by atoms with Crippen LogP contribution in [0.3, 0.4) is 0 Å². The predicted octanol–water partition coefficient (Wildman–Crippen LogP) is 2.85. The van der Waals surface area contributed by atoms with Gasteiger partial charge < -0.3 is 0 Å². The molecule has 1 aromatic heterocycles. The summed E-state index contributed by atoms with van der Waals surface area (Å²) < 4.78 is 0. The minimum Gasteiger partial charge on any atom is -0.297 e. The molecule has 0 fully saturated rings. The Balaban J connectivity index is 2.22. The molecule has 0 N–H and O–H groups in total. The lowest BCUT2D eigenvalue weighted by Gasteiger charge is -2.01. The number of aryl methyl sites for hydroxylation is 1. The largest absolute Gasteiger partial charge is 0.297 e. The third-order valence-corrected chi connectivity index (χ3v) is 3.21. The third-order valence-electron chi connectivity index (χ3n) is 2.29. The lowest BCUT2D eigenvalue weighted by atomic mass is 10.1. The Morgan fingerprint density at radius 1 is 1.40 bits per heavy atom. The molecule has 0 bridgehead atoms. The van der Waals surface area contributed by atoms with Gasteiger partial charge in [0.1, 0.15) is 0 Å². The molecule has 2 aromatic rings. The lowest BCUT2D eigenvalue weighted by molar-refractivity contribution is 0.112. The summed E-state index contributed by atoms with van der Waals surface area (Å²) in [6.45, 7) is 2.09. The molecule has 1 aromatic carbocycles. The van der Waals surface area contributed by atoms with Crippen molar-refractivity contribution in [1.82, 2.24) is 4.98 Å². The van der Waals surface area contributed by atoms with Crippen molar-refractivity contribution < 1.29 is 4.79 Å². The van der Waals surface area contributed by atoms with E-state index in [1.807, 2.05) is 12.1 Å². The van der Waals surface area contributed by atoms with Gasteiger partial charge in [-0.25, -0.2) is 4.98 Å². The minimum absolute atomic E-state index is 0.693. The Bertz CT molecular complexity index is 476. The van der Waals surface area contributed by atoms with Gasteiger partial charge in [-0.2, -0.15) is 0 Å². The SMILES string of the molecule is Cc1ccccc1Cc1ncc(C=O)s1. The van der Waals surface area contributed by atoms with Gasteiger partial charge in [0.2, 0.25) is 0 Å². The van der Waals surface area contributed by atoms with E-state index < -0.39 is 0 Å². The average molecular weight is 217 g/mol. The zero-order valence-electron chi connectivity index (χ0n) is 8.43. The number of aromatic nitrogens is 1. The van der Waals surface area contributed by atoms with Gasteiger partial charge in [-0.1, -0.05) is 24.3 Å². The first-order chi connectivity index (χ1) is 7.29. The molecule has 0 saturated heterocycles. The number of aldehydes is 1. The molecule has 0 radical (unpaired) electrons. The van der Waals surface area contributed by atoms with Crippen LogP contribution in [0.1, 0.15) is 25.8 Å². The van der Waals surface area contributed by atoms with Gasteiger partial charge in [0.25, 0.3) is 0 Å². The zero-order valence-corrected chi connectivity index (χ0v) is 9.25. The first-order valence-corrected chi connectivity index (χ1v) is 5.55. The first kappa shape index (κ1) is 10.1. The van der Waals surface area contributed by atoms with Crippen molar-refractivity contribution in [3.8, 4) is 0 Å². The summed E-state index contributed by atoms with van der Waals surface area (Å²) in [6, 6.07) is 8.23. The second-order valence-electron chi connectivity index (χ2n) is 3.38. The summed E-state index contributed by atoms with van der Waals surface area (Å²) in [5, 5.41) is 0.992. The Morgan fingerprint density at radius 2 is 2.20 bits per heavy atom. The fourth-order valence-electron chi connectivity index (χ4n) is 1.43. The maximum atomic E-state index is 10.5. The van der Waals surface area contributed by atoms with Gasteiger partial charge in [0, 0.05) is 12.6 Å². The second kappa shape index (κ2) is 4.36. The molecule has 0 saturated carbocycles. The van der Waals surface area contributed by atoms with Crippen LogP contribution in [0.15, 0.2) is 30.5 Å². The van der Waals surface area contributed by atoms with Gasteiger partial charge in [-0.3, -0.25) is 4.79 Å². The maximum Gasteiger partial charge on any atom is 0.161 e. The van der Waals surface area contributed by atoms with Crippen LogP contribution in [0.5, 0.6) is 0 Å². The van der Waals surface area contributed by atoms with Crippen LogP contribution in [0.2, 0.25) is 0 Å². The van der Waals surface area contributed by atoms with Gasteiger partial charge >= 0.3 is 0 Å². The summed E-state index contributed by atoms with van der Waals surface area (Å²) in [7, 11) is 0. The standard InChI is InChI=1S/C12H11NOS/c1-9-4-2-3-5-10(9)6-12-13-7-11(8-14)15-12/h2-5,7-8H,6H2,1H3. The van der Waals surface area contributed by atoms with Crippen molar-refractivity contribution in [1.29, 1.82) is 0 Å².